The number of aromatic nitrogens is 2. The van der Waals surface area contributed by atoms with Gasteiger partial charge in [-0.25, -0.2) is 4.98 Å². The molecular weight excluding hydrogens is 428 g/mol. The summed E-state index contributed by atoms with van der Waals surface area (Å²) in [5.74, 6) is 1.35. The van der Waals surface area contributed by atoms with Crippen molar-refractivity contribution >= 4 is 33.5 Å². The number of hydrogen-bond donors (Lipinski definition) is 0. The Morgan fingerprint density at radius 2 is 2.22 bits per heavy atom. The molecule has 0 spiro atoms. The van der Waals surface area contributed by atoms with Crippen LogP contribution in [0.2, 0.25) is 0 Å². The Labute approximate surface area is 189 Å². The topological polar surface area (TPSA) is 84.9 Å². The number of amides is 2. The quantitative estimate of drug-likeness (QED) is 0.591. The van der Waals surface area contributed by atoms with Crippen LogP contribution in [-0.4, -0.2) is 63.9 Å². The van der Waals surface area contributed by atoms with E-state index < -0.39 is 6.10 Å². The Hall–Kier alpha value is -3.20. The number of likely N-dealkylation sites (tertiary alicyclic amines) is 1. The van der Waals surface area contributed by atoms with Crippen LogP contribution < -0.4 is 9.47 Å². The molecule has 0 radical (unpaired) electrons. The lowest BCUT2D eigenvalue weighted by atomic mass is 10.1. The van der Waals surface area contributed by atoms with Crippen LogP contribution >= 0.6 is 11.3 Å². The van der Waals surface area contributed by atoms with Gasteiger partial charge in [-0.1, -0.05) is 11.3 Å². The molecule has 9 heteroatoms. The van der Waals surface area contributed by atoms with Crippen molar-refractivity contribution in [3.05, 3.63) is 42.1 Å². The van der Waals surface area contributed by atoms with Gasteiger partial charge < -0.3 is 19.3 Å². The van der Waals surface area contributed by atoms with Crippen molar-refractivity contribution in [2.75, 3.05) is 20.1 Å². The number of pyridine rings is 1. The van der Waals surface area contributed by atoms with Gasteiger partial charge in [-0.05, 0) is 43.2 Å². The molecule has 32 heavy (non-hydrogen) atoms. The van der Waals surface area contributed by atoms with E-state index in [2.05, 4.69) is 9.97 Å². The second-order valence-corrected chi connectivity index (χ2v) is 9.21. The standard InChI is InChI=1S/C23H24N4O4S/c1-14(28)26(2)13-16-5-4-10-27(16)22(29)19-12-15-11-17(7-8-18(15)31-19)30-23-25-21-20(32-23)6-3-9-24-21/h3,6-9,11,16,19H,4-5,10,12-13H2,1-2H3. The number of fused-ring (bicyclic) bond motifs is 2. The third kappa shape index (κ3) is 4.00. The lowest BCUT2D eigenvalue weighted by Crippen LogP contribution is -2.48. The van der Waals surface area contributed by atoms with Crippen molar-refractivity contribution in [2.24, 2.45) is 0 Å². The van der Waals surface area contributed by atoms with Gasteiger partial charge in [0.05, 0.1) is 4.70 Å². The van der Waals surface area contributed by atoms with E-state index in [4.69, 9.17) is 9.47 Å². The lowest BCUT2D eigenvalue weighted by molar-refractivity contribution is -0.140. The maximum atomic E-state index is 13.2. The number of thiazole rings is 1. The SMILES string of the molecule is CC(=O)N(C)CC1CCCN1C(=O)C1Cc2cc(Oc3nc4ncccc4s3)ccc2O1. The van der Waals surface area contributed by atoms with Gasteiger partial charge in [0.25, 0.3) is 11.1 Å². The van der Waals surface area contributed by atoms with Gasteiger partial charge in [0, 0.05) is 51.3 Å². The fourth-order valence-electron chi connectivity index (χ4n) is 4.27. The van der Waals surface area contributed by atoms with Gasteiger partial charge >= 0.3 is 0 Å². The first-order valence-corrected chi connectivity index (χ1v) is 11.5. The Balaban J connectivity index is 1.26. The highest BCUT2D eigenvalue weighted by molar-refractivity contribution is 7.20. The van der Waals surface area contributed by atoms with Gasteiger partial charge in [0.15, 0.2) is 11.8 Å². The van der Waals surface area contributed by atoms with Crippen LogP contribution in [0.15, 0.2) is 36.5 Å². The highest BCUT2D eigenvalue weighted by Gasteiger charge is 2.38. The van der Waals surface area contributed by atoms with Gasteiger partial charge in [-0.15, -0.1) is 0 Å². The molecule has 0 aliphatic carbocycles. The molecule has 166 valence electrons. The molecule has 2 atom stereocenters. The Bertz CT molecular complexity index is 1150. The van der Waals surface area contributed by atoms with Crippen molar-refractivity contribution in [1.29, 1.82) is 0 Å². The number of ether oxygens (including phenoxy) is 2. The van der Waals surface area contributed by atoms with Crippen molar-refractivity contribution in [2.45, 2.75) is 38.3 Å². The summed E-state index contributed by atoms with van der Waals surface area (Å²) in [5, 5.41) is 0.527. The van der Waals surface area contributed by atoms with Gasteiger partial charge in [0.2, 0.25) is 5.91 Å². The smallest absolute Gasteiger partial charge is 0.281 e. The lowest BCUT2D eigenvalue weighted by Gasteiger charge is -2.30. The maximum Gasteiger partial charge on any atom is 0.281 e. The Morgan fingerprint density at radius 3 is 3.03 bits per heavy atom. The monoisotopic (exact) mass is 452 g/mol. The van der Waals surface area contributed by atoms with Crippen LogP contribution in [0.5, 0.6) is 16.7 Å². The molecule has 1 fully saturated rings. The fourth-order valence-corrected chi connectivity index (χ4v) is 5.06. The van der Waals surface area contributed by atoms with E-state index in [0.29, 0.717) is 41.9 Å². The number of carbonyl (C=O) groups excluding carboxylic acids is 2. The Kier molecular flexibility index (Phi) is 5.42. The maximum absolute atomic E-state index is 13.2. The van der Waals surface area contributed by atoms with E-state index in [-0.39, 0.29) is 17.9 Å². The van der Waals surface area contributed by atoms with Gasteiger partial charge in [-0.3, -0.25) is 9.59 Å². The highest BCUT2D eigenvalue weighted by Crippen LogP contribution is 2.36. The molecule has 3 aromatic rings. The molecular formula is C23H24N4O4S. The van der Waals surface area contributed by atoms with E-state index in [1.54, 1.807) is 25.1 Å². The van der Waals surface area contributed by atoms with Crippen molar-refractivity contribution in [3.8, 4) is 16.7 Å². The largest absolute Gasteiger partial charge is 0.480 e. The van der Waals surface area contributed by atoms with Crippen LogP contribution in [0.25, 0.3) is 10.3 Å². The first-order chi connectivity index (χ1) is 15.5. The zero-order chi connectivity index (χ0) is 22.2. The predicted molar refractivity (Wildman–Crippen MR) is 120 cm³/mol. The second kappa shape index (κ2) is 8.38. The summed E-state index contributed by atoms with van der Waals surface area (Å²) in [5.41, 5.74) is 1.61. The average molecular weight is 453 g/mol. The van der Waals surface area contributed by atoms with Crippen LogP contribution in [-0.2, 0) is 16.0 Å². The number of carbonyl (C=O) groups is 2. The molecule has 2 amide bonds. The summed E-state index contributed by atoms with van der Waals surface area (Å²) in [7, 11) is 1.77. The summed E-state index contributed by atoms with van der Waals surface area (Å²) >= 11 is 1.44. The molecule has 2 aromatic heterocycles. The van der Waals surface area contributed by atoms with Gasteiger partial charge in [-0.2, -0.15) is 4.98 Å². The first-order valence-electron chi connectivity index (χ1n) is 10.7. The molecule has 0 saturated carbocycles. The van der Waals surface area contributed by atoms with Crippen LogP contribution in [0.4, 0.5) is 0 Å². The van der Waals surface area contributed by atoms with Crippen molar-refractivity contribution < 1.29 is 19.1 Å². The number of benzene rings is 1. The Morgan fingerprint density at radius 1 is 1.34 bits per heavy atom. The van der Waals surface area contributed by atoms with E-state index >= 15 is 0 Å². The minimum Gasteiger partial charge on any atom is -0.480 e. The molecule has 2 aliphatic rings. The van der Waals surface area contributed by atoms with Crippen LogP contribution in [0.3, 0.4) is 0 Å². The van der Waals surface area contributed by atoms with Crippen LogP contribution in [0.1, 0.15) is 25.3 Å². The van der Waals surface area contributed by atoms with E-state index in [1.165, 1.54) is 11.3 Å². The summed E-state index contributed by atoms with van der Waals surface area (Å²) in [6.45, 7) is 2.80. The van der Waals surface area contributed by atoms with E-state index in [0.717, 1.165) is 23.1 Å². The van der Waals surface area contributed by atoms with Crippen molar-refractivity contribution in [1.82, 2.24) is 19.8 Å². The number of nitrogens with zero attached hydrogens (tertiary/aromatic N) is 4. The van der Waals surface area contributed by atoms with E-state index in [1.807, 2.05) is 35.2 Å². The molecule has 5 rings (SSSR count). The highest BCUT2D eigenvalue weighted by atomic mass is 32.1. The van der Waals surface area contributed by atoms with E-state index in [9.17, 15) is 9.59 Å². The number of hydrogen-bond acceptors (Lipinski definition) is 7. The molecule has 0 N–H and O–H groups in total. The third-order valence-electron chi connectivity index (χ3n) is 6.01. The molecule has 1 saturated heterocycles. The van der Waals surface area contributed by atoms with Crippen LogP contribution in [0, 0.1) is 0 Å². The average Bonchev–Trinajstić information content (AvgIpc) is 3.50. The summed E-state index contributed by atoms with van der Waals surface area (Å²) in [6.07, 6.45) is 3.50. The number of likely N-dealkylation sites (N-methyl/N-ethyl adjacent to an activating group) is 1. The first kappa shape index (κ1) is 20.7. The van der Waals surface area contributed by atoms with Gasteiger partial charge in [0.1, 0.15) is 11.5 Å². The molecule has 1 aromatic carbocycles. The zero-order valence-electron chi connectivity index (χ0n) is 18.0. The molecule has 2 aliphatic heterocycles. The third-order valence-corrected chi connectivity index (χ3v) is 6.90. The molecule has 2 unspecified atom stereocenters. The summed E-state index contributed by atoms with van der Waals surface area (Å²) in [6, 6.07) is 9.44. The second-order valence-electron chi connectivity index (χ2n) is 8.21. The molecule has 0 bridgehead atoms. The summed E-state index contributed by atoms with van der Waals surface area (Å²) < 4.78 is 12.9. The molecule has 4 heterocycles. The summed E-state index contributed by atoms with van der Waals surface area (Å²) in [4.78, 5) is 37.0. The van der Waals surface area contributed by atoms with Crippen molar-refractivity contribution in [3.63, 3.8) is 0 Å². The fraction of sp³-hybridized carbons (Fsp3) is 0.391. The number of rotatable bonds is 5. The minimum atomic E-state index is -0.546. The zero-order valence-corrected chi connectivity index (χ0v) is 18.8. The predicted octanol–water partition coefficient (Wildman–Crippen LogP) is 3.26. The normalized spacial score (nSPS) is 19.6. The molecule has 8 nitrogen and oxygen atoms in total. The minimum absolute atomic E-state index is 0.00487.